The summed E-state index contributed by atoms with van der Waals surface area (Å²) in [6, 6.07) is 4.16. The van der Waals surface area contributed by atoms with Crippen LogP contribution < -0.4 is 10.1 Å². The third-order valence-electron chi connectivity index (χ3n) is 3.83. The van der Waals surface area contributed by atoms with Gasteiger partial charge in [-0.15, -0.1) is 0 Å². The fourth-order valence-corrected chi connectivity index (χ4v) is 2.74. The highest BCUT2D eigenvalue weighted by Gasteiger charge is 2.35. The standard InChI is InChI=1S/C15H23NO2/c1-10(2)12-8-13(11(3)7-14(12)18-4)15(17)5-6-16-9-15/h7-8,10,16-17H,5-6,9H2,1-4H3. The van der Waals surface area contributed by atoms with Crippen LogP contribution in [0, 0.1) is 6.92 Å². The predicted octanol–water partition coefficient (Wildman–Crippen LogP) is 2.31. The Balaban J connectivity index is 2.51. The number of rotatable bonds is 3. The molecule has 1 atom stereocenters. The molecule has 0 aromatic heterocycles. The van der Waals surface area contributed by atoms with Crippen molar-refractivity contribution in [3.63, 3.8) is 0 Å². The van der Waals surface area contributed by atoms with E-state index in [4.69, 9.17) is 4.74 Å². The summed E-state index contributed by atoms with van der Waals surface area (Å²) < 4.78 is 5.44. The van der Waals surface area contributed by atoms with Crippen molar-refractivity contribution in [2.75, 3.05) is 20.2 Å². The fraction of sp³-hybridized carbons (Fsp3) is 0.600. The van der Waals surface area contributed by atoms with E-state index in [2.05, 4.69) is 25.2 Å². The van der Waals surface area contributed by atoms with Gasteiger partial charge in [0, 0.05) is 6.54 Å². The number of hydrogen-bond donors (Lipinski definition) is 2. The number of aryl methyl sites for hydroxylation is 1. The third kappa shape index (κ3) is 2.25. The number of β-amino-alcohol motifs (C(OH)–C–C–N with tert-alkyl or cyclic N) is 1. The molecule has 1 aliphatic heterocycles. The van der Waals surface area contributed by atoms with Crippen LogP contribution in [-0.2, 0) is 5.60 Å². The van der Waals surface area contributed by atoms with Crippen LogP contribution >= 0.6 is 0 Å². The van der Waals surface area contributed by atoms with E-state index in [0.717, 1.165) is 29.8 Å². The van der Waals surface area contributed by atoms with Crippen molar-refractivity contribution < 1.29 is 9.84 Å². The van der Waals surface area contributed by atoms with Gasteiger partial charge in [0.1, 0.15) is 11.4 Å². The molecule has 0 amide bonds. The smallest absolute Gasteiger partial charge is 0.122 e. The van der Waals surface area contributed by atoms with Crippen LogP contribution in [0.3, 0.4) is 0 Å². The first-order valence-corrected chi connectivity index (χ1v) is 6.60. The monoisotopic (exact) mass is 249 g/mol. The molecule has 3 heteroatoms. The minimum atomic E-state index is -0.722. The van der Waals surface area contributed by atoms with Crippen molar-refractivity contribution in [3.8, 4) is 5.75 Å². The minimum Gasteiger partial charge on any atom is -0.496 e. The van der Waals surface area contributed by atoms with Gasteiger partial charge < -0.3 is 15.2 Å². The molecular formula is C15H23NO2. The zero-order valence-corrected chi connectivity index (χ0v) is 11.7. The van der Waals surface area contributed by atoms with Crippen molar-refractivity contribution in [2.45, 2.75) is 38.7 Å². The lowest BCUT2D eigenvalue weighted by Gasteiger charge is -2.26. The number of aliphatic hydroxyl groups is 1. The van der Waals surface area contributed by atoms with Crippen LogP contribution in [0.5, 0.6) is 5.75 Å². The summed E-state index contributed by atoms with van der Waals surface area (Å²) in [5.74, 6) is 1.30. The Morgan fingerprint density at radius 3 is 2.61 bits per heavy atom. The summed E-state index contributed by atoms with van der Waals surface area (Å²) in [5.41, 5.74) is 2.58. The van der Waals surface area contributed by atoms with Gasteiger partial charge in [-0.3, -0.25) is 0 Å². The van der Waals surface area contributed by atoms with E-state index >= 15 is 0 Å². The molecule has 1 unspecified atom stereocenters. The molecule has 100 valence electrons. The van der Waals surface area contributed by atoms with Crippen molar-refractivity contribution in [3.05, 3.63) is 28.8 Å². The van der Waals surface area contributed by atoms with E-state index in [1.807, 2.05) is 13.0 Å². The van der Waals surface area contributed by atoms with Crippen molar-refractivity contribution in [2.24, 2.45) is 0 Å². The van der Waals surface area contributed by atoms with E-state index in [-0.39, 0.29) is 0 Å². The van der Waals surface area contributed by atoms with E-state index in [1.165, 1.54) is 5.56 Å². The molecule has 1 aromatic carbocycles. The summed E-state index contributed by atoms with van der Waals surface area (Å²) in [4.78, 5) is 0. The lowest BCUT2D eigenvalue weighted by Crippen LogP contribution is -2.29. The summed E-state index contributed by atoms with van der Waals surface area (Å²) in [6.07, 6.45) is 0.776. The van der Waals surface area contributed by atoms with Crippen LogP contribution in [0.25, 0.3) is 0 Å². The van der Waals surface area contributed by atoms with Crippen LogP contribution in [-0.4, -0.2) is 25.3 Å². The van der Waals surface area contributed by atoms with E-state index in [0.29, 0.717) is 12.5 Å². The van der Waals surface area contributed by atoms with Gasteiger partial charge in [0.15, 0.2) is 0 Å². The van der Waals surface area contributed by atoms with Gasteiger partial charge in [-0.25, -0.2) is 0 Å². The van der Waals surface area contributed by atoms with Crippen LogP contribution in [0.4, 0.5) is 0 Å². The Hall–Kier alpha value is -1.06. The first-order chi connectivity index (χ1) is 8.48. The van der Waals surface area contributed by atoms with Crippen molar-refractivity contribution in [1.29, 1.82) is 0 Å². The van der Waals surface area contributed by atoms with Gasteiger partial charge in [-0.2, -0.15) is 0 Å². The van der Waals surface area contributed by atoms with Crippen LogP contribution in [0.2, 0.25) is 0 Å². The molecule has 2 rings (SSSR count). The van der Waals surface area contributed by atoms with Crippen molar-refractivity contribution >= 4 is 0 Å². The molecule has 1 fully saturated rings. The predicted molar refractivity (Wildman–Crippen MR) is 73.2 cm³/mol. The Labute approximate surface area is 109 Å². The third-order valence-corrected chi connectivity index (χ3v) is 3.83. The highest BCUT2D eigenvalue weighted by molar-refractivity contribution is 5.46. The van der Waals surface area contributed by atoms with Crippen LogP contribution in [0.15, 0.2) is 12.1 Å². The largest absolute Gasteiger partial charge is 0.496 e. The molecule has 1 aromatic rings. The molecule has 1 aliphatic rings. The SMILES string of the molecule is COc1cc(C)c(C2(O)CCNC2)cc1C(C)C. The second-order valence-electron chi connectivity index (χ2n) is 5.52. The lowest BCUT2D eigenvalue weighted by molar-refractivity contribution is 0.0579. The van der Waals surface area contributed by atoms with Gasteiger partial charge in [0.25, 0.3) is 0 Å². The van der Waals surface area contributed by atoms with Gasteiger partial charge in [-0.05, 0) is 54.6 Å². The first-order valence-electron chi connectivity index (χ1n) is 6.60. The molecule has 0 bridgehead atoms. The minimum absolute atomic E-state index is 0.386. The summed E-state index contributed by atoms with van der Waals surface area (Å²) in [7, 11) is 1.70. The molecule has 18 heavy (non-hydrogen) atoms. The topological polar surface area (TPSA) is 41.5 Å². The van der Waals surface area contributed by atoms with E-state index in [9.17, 15) is 5.11 Å². The number of ether oxygens (including phenoxy) is 1. The van der Waals surface area contributed by atoms with Gasteiger partial charge in [0.05, 0.1) is 7.11 Å². The summed E-state index contributed by atoms with van der Waals surface area (Å²) >= 11 is 0. The fourth-order valence-electron chi connectivity index (χ4n) is 2.74. The first kappa shape index (κ1) is 13.4. The second kappa shape index (κ2) is 4.90. The summed E-state index contributed by atoms with van der Waals surface area (Å²) in [5, 5.41) is 13.9. The molecule has 2 N–H and O–H groups in total. The average molecular weight is 249 g/mol. The maximum absolute atomic E-state index is 10.7. The number of methoxy groups -OCH3 is 1. The zero-order chi connectivity index (χ0) is 13.3. The number of nitrogens with one attached hydrogen (secondary N) is 1. The molecule has 1 saturated heterocycles. The number of hydrogen-bond acceptors (Lipinski definition) is 3. The Kier molecular flexibility index (Phi) is 3.64. The van der Waals surface area contributed by atoms with Crippen LogP contribution in [0.1, 0.15) is 42.9 Å². The van der Waals surface area contributed by atoms with E-state index < -0.39 is 5.60 Å². The Morgan fingerprint density at radius 1 is 1.39 bits per heavy atom. The molecule has 1 heterocycles. The van der Waals surface area contributed by atoms with Crippen molar-refractivity contribution in [1.82, 2.24) is 5.32 Å². The van der Waals surface area contributed by atoms with Gasteiger partial charge in [0.2, 0.25) is 0 Å². The normalized spacial score (nSPS) is 23.7. The molecule has 0 saturated carbocycles. The maximum Gasteiger partial charge on any atom is 0.122 e. The van der Waals surface area contributed by atoms with E-state index in [1.54, 1.807) is 7.11 Å². The summed E-state index contributed by atoms with van der Waals surface area (Å²) in [6.45, 7) is 7.84. The highest BCUT2D eigenvalue weighted by Crippen LogP contribution is 2.36. The molecular weight excluding hydrogens is 226 g/mol. The molecule has 0 aliphatic carbocycles. The average Bonchev–Trinajstić information content (AvgIpc) is 2.76. The molecule has 0 spiro atoms. The zero-order valence-electron chi connectivity index (χ0n) is 11.7. The molecule has 0 radical (unpaired) electrons. The Morgan fingerprint density at radius 2 is 2.11 bits per heavy atom. The Bertz CT molecular complexity index is 434. The van der Waals surface area contributed by atoms with Gasteiger partial charge >= 0.3 is 0 Å². The second-order valence-corrected chi connectivity index (χ2v) is 5.52. The molecule has 3 nitrogen and oxygen atoms in total. The highest BCUT2D eigenvalue weighted by atomic mass is 16.5. The lowest BCUT2D eigenvalue weighted by atomic mass is 9.86. The van der Waals surface area contributed by atoms with Gasteiger partial charge in [-0.1, -0.05) is 13.8 Å². The maximum atomic E-state index is 10.7. The number of benzene rings is 1. The quantitative estimate of drug-likeness (QED) is 0.863.